The van der Waals surface area contributed by atoms with Gasteiger partial charge >= 0.3 is 0 Å². The molecule has 0 radical (unpaired) electrons. The van der Waals surface area contributed by atoms with Crippen LogP contribution in [0.25, 0.3) is 10.9 Å². The van der Waals surface area contributed by atoms with Gasteiger partial charge in [-0.15, -0.1) is 0 Å². The maximum atomic E-state index is 6.14. The Morgan fingerprint density at radius 2 is 1.70 bits per heavy atom. The van der Waals surface area contributed by atoms with Crippen LogP contribution >= 0.6 is 11.6 Å². The van der Waals surface area contributed by atoms with Crippen LogP contribution in [-0.4, -0.2) is 23.1 Å². The van der Waals surface area contributed by atoms with E-state index in [1.165, 1.54) is 0 Å². The fourth-order valence-electron chi connectivity index (χ4n) is 2.62. The van der Waals surface area contributed by atoms with Crippen LogP contribution in [0.1, 0.15) is 13.8 Å². The summed E-state index contributed by atoms with van der Waals surface area (Å²) in [6, 6.07) is 16.0. The van der Waals surface area contributed by atoms with Gasteiger partial charge < -0.3 is 9.64 Å². The van der Waals surface area contributed by atoms with E-state index in [2.05, 4.69) is 28.7 Å². The first kappa shape index (κ1) is 15.6. The molecule has 2 aromatic carbocycles. The Labute approximate surface area is 140 Å². The topological polar surface area (TPSA) is 38.2 Å². The maximum absolute atomic E-state index is 6.14. The van der Waals surface area contributed by atoms with Gasteiger partial charge in [0, 0.05) is 17.1 Å². The summed E-state index contributed by atoms with van der Waals surface area (Å²) in [6.07, 6.45) is 0. The lowest BCUT2D eigenvalue weighted by atomic mass is 10.1. The summed E-state index contributed by atoms with van der Waals surface area (Å²) in [5.74, 6) is 1.63. The van der Waals surface area contributed by atoms with Crippen LogP contribution in [0.5, 0.6) is 5.75 Å². The zero-order valence-corrected chi connectivity index (χ0v) is 14.1. The lowest BCUT2D eigenvalue weighted by molar-refractivity contribution is 0.415. The zero-order valence-electron chi connectivity index (χ0n) is 13.3. The molecule has 4 nitrogen and oxygen atoms in total. The van der Waals surface area contributed by atoms with Crippen molar-refractivity contribution in [3.05, 3.63) is 53.8 Å². The Morgan fingerprint density at radius 1 is 1.00 bits per heavy atom. The molecule has 0 amide bonds. The van der Waals surface area contributed by atoms with E-state index in [-0.39, 0.29) is 11.3 Å². The van der Waals surface area contributed by atoms with Gasteiger partial charge in [-0.05, 0) is 61.8 Å². The minimum absolute atomic E-state index is 0.206. The van der Waals surface area contributed by atoms with Crippen molar-refractivity contribution in [1.29, 1.82) is 0 Å². The second-order valence-electron chi connectivity index (χ2n) is 5.50. The van der Waals surface area contributed by atoms with Crippen molar-refractivity contribution in [2.45, 2.75) is 19.9 Å². The fourth-order valence-corrected chi connectivity index (χ4v) is 2.79. The Morgan fingerprint density at radius 3 is 2.35 bits per heavy atom. The second-order valence-corrected chi connectivity index (χ2v) is 5.83. The van der Waals surface area contributed by atoms with E-state index < -0.39 is 0 Å². The summed E-state index contributed by atoms with van der Waals surface area (Å²) in [6.45, 7) is 4.24. The molecule has 0 spiro atoms. The van der Waals surface area contributed by atoms with Crippen molar-refractivity contribution in [3.63, 3.8) is 0 Å². The monoisotopic (exact) mass is 327 g/mol. The molecule has 5 heteroatoms. The second kappa shape index (κ2) is 6.42. The van der Waals surface area contributed by atoms with Crippen LogP contribution in [0.3, 0.4) is 0 Å². The highest BCUT2D eigenvalue weighted by atomic mass is 35.5. The molecular formula is C18H18ClN3O. The summed E-state index contributed by atoms with van der Waals surface area (Å²) >= 11 is 6.14. The van der Waals surface area contributed by atoms with Gasteiger partial charge in [0.2, 0.25) is 5.28 Å². The largest absolute Gasteiger partial charge is 0.497 e. The van der Waals surface area contributed by atoms with Gasteiger partial charge in [-0.3, -0.25) is 0 Å². The van der Waals surface area contributed by atoms with E-state index in [1.807, 2.05) is 48.5 Å². The number of nitrogens with zero attached hydrogens (tertiary/aromatic N) is 3. The smallest absolute Gasteiger partial charge is 0.224 e. The summed E-state index contributed by atoms with van der Waals surface area (Å²) in [5, 5.41) is 1.22. The first-order valence-corrected chi connectivity index (χ1v) is 7.83. The number of rotatable bonds is 4. The highest BCUT2D eigenvalue weighted by molar-refractivity contribution is 6.28. The van der Waals surface area contributed by atoms with Crippen molar-refractivity contribution < 1.29 is 4.74 Å². The van der Waals surface area contributed by atoms with E-state index in [0.29, 0.717) is 0 Å². The van der Waals surface area contributed by atoms with E-state index in [9.17, 15) is 0 Å². The Bertz CT molecular complexity index is 818. The van der Waals surface area contributed by atoms with Crippen LogP contribution in [-0.2, 0) is 0 Å². The van der Waals surface area contributed by atoms with Gasteiger partial charge in [0.1, 0.15) is 11.6 Å². The highest BCUT2D eigenvalue weighted by Crippen LogP contribution is 2.33. The number of halogens is 1. The average molecular weight is 328 g/mol. The van der Waals surface area contributed by atoms with Crippen LogP contribution in [0, 0.1) is 0 Å². The number of hydrogen-bond donors (Lipinski definition) is 0. The van der Waals surface area contributed by atoms with Gasteiger partial charge in [-0.2, -0.15) is 4.98 Å². The quantitative estimate of drug-likeness (QED) is 0.643. The third-order valence-electron chi connectivity index (χ3n) is 3.65. The van der Waals surface area contributed by atoms with E-state index in [4.69, 9.17) is 16.3 Å². The van der Waals surface area contributed by atoms with Gasteiger partial charge in [0.15, 0.2) is 0 Å². The predicted molar refractivity (Wildman–Crippen MR) is 94.8 cm³/mol. The maximum Gasteiger partial charge on any atom is 0.224 e. The fraction of sp³-hybridized carbons (Fsp3) is 0.222. The van der Waals surface area contributed by atoms with Crippen LogP contribution in [0.4, 0.5) is 11.5 Å². The van der Waals surface area contributed by atoms with Crippen LogP contribution in [0.2, 0.25) is 5.28 Å². The number of anilines is 2. The first-order chi connectivity index (χ1) is 11.1. The Balaban J connectivity index is 2.18. The predicted octanol–water partition coefficient (Wildman–Crippen LogP) is 4.84. The number of methoxy groups -OCH3 is 1. The number of benzene rings is 2. The molecule has 1 heterocycles. The SMILES string of the molecule is COc1ccc(N(c2nc(Cl)nc3ccccc23)C(C)C)cc1. The van der Waals surface area contributed by atoms with E-state index in [0.717, 1.165) is 28.2 Å². The van der Waals surface area contributed by atoms with Crippen molar-refractivity contribution in [2.24, 2.45) is 0 Å². The third kappa shape index (κ3) is 3.08. The van der Waals surface area contributed by atoms with Crippen molar-refractivity contribution in [2.75, 3.05) is 12.0 Å². The van der Waals surface area contributed by atoms with E-state index >= 15 is 0 Å². The van der Waals surface area contributed by atoms with E-state index in [1.54, 1.807) is 7.11 Å². The molecule has 0 aliphatic rings. The van der Waals surface area contributed by atoms with Crippen molar-refractivity contribution in [3.8, 4) is 5.75 Å². The lowest BCUT2D eigenvalue weighted by Crippen LogP contribution is -2.26. The molecule has 0 saturated heterocycles. The summed E-state index contributed by atoms with van der Waals surface area (Å²) in [7, 11) is 1.66. The first-order valence-electron chi connectivity index (χ1n) is 7.45. The number of aromatic nitrogens is 2. The van der Waals surface area contributed by atoms with Crippen molar-refractivity contribution >= 4 is 34.0 Å². The Hall–Kier alpha value is -2.33. The van der Waals surface area contributed by atoms with Gasteiger partial charge in [0.05, 0.1) is 12.6 Å². The van der Waals surface area contributed by atoms with Gasteiger partial charge in [-0.1, -0.05) is 12.1 Å². The minimum atomic E-state index is 0.206. The standard InChI is InChI=1S/C18H18ClN3O/c1-12(2)22(13-8-10-14(23-3)11-9-13)17-15-6-4-5-7-16(15)20-18(19)21-17/h4-12H,1-3H3. The molecule has 3 rings (SSSR count). The van der Waals surface area contributed by atoms with Crippen LogP contribution < -0.4 is 9.64 Å². The molecular weight excluding hydrogens is 310 g/mol. The van der Waals surface area contributed by atoms with Gasteiger partial charge in [0.25, 0.3) is 0 Å². The molecule has 118 valence electrons. The number of ether oxygens (including phenoxy) is 1. The molecule has 0 aliphatic carbocycles. The molecule has 3 aromatic rings. The number of hydrogen-bond acceptors (Lipinski definition) is 4. The molecule has 23 heavy (non-hydrogen) atoms. The molecule has 0 saturated carbocycles. The lowest BCUT2D eigenvalue weighted by Gasteiger charge is -2.29. The molecule has 0 unspecified atom stereocenters. The highest BCUT2D eigenvalue weighted by Gasteiger charge is 2.18. The minimum Gasteiger partial charge on any atom is -0.497 e. The summed E-state index contributed by atoms with van der Waals surface area (Å²) in [5.41, 5.74) is 1.86. The zero-order chi connectivity index (χ0) is 16.4. The molecule has 0 aliphatic heterocycles. The third-order valence-corrected chi connectivity index (χ3v) is 3.82. The normalized spacial score (nSPS) is 11.0. The molecule has 0 fully saturated rings. The molecule has 0 atom stereocenters. The van der Waals surface area contributed by atoms with Crippen molar-refractivity contribution in [1.82, 2.24) is 9.97 Å². The molecule has 0 bridgehead atoms. The van der Waals surface area contributed by atoms with Crippen LogP contribution in [0.15, 0.2) is 48.5 Å². The summed E-state index contributed by atoms with van der Waals surface area (Å²) < 4.78 is 5.24. The number of para-hydroxylation sites is 1. The average Bonchev–Trinajstić information content (AvgIpc) is 2.55. The Kier molecular flexibility index (Phi) is 4.35. The molecule has 0 N–H and O–H groups in total. The number of fused-ring (bicyclic) bond motifs is 1. The summed E-state index contributed by atoms with van der Waals surface area (Å²) in [4.78, 5) is 10.9. The van der Waals surface area contributed by atoms with Gasteiger partial charge in [-0.25, -0.2) is 4.98 Å². The molecule has 1 aromatic heterocycles.